The van der Waals surface area contributed by atoms with Crippen molar-refractivity contribution in [2.24, 2.45) is 11.5 Å². The van der Waals surface area contributed by atoms with E-state index in [0.29, 0.717) is 11.4 Å². The molecule has 0 fully saturated rings. The third kappa shape index (κ3) is 7.66. The van der Waals surface area contributed by atoms with Crippen LogP contribution in [0, 0.1) is 62.3 Å². The molecular weight excluding hydrogens is 334 g/mol. The predicted molar refractivity (Wildman–Crippen MR) is 116 cm³/mol. The van der Waals surface area contributed by atoms with Crippen molar-refractivity contribution in [1.82, 2.24) is 4.98 Å². The number of para-hydroxylation sites is 1. The van der Waals surface area contributed by atoms with Crippen LogP contribution in [-0.4, -0.2) is 4.98 Å². The van der Waals surface area contributed by atoms with Crippen LogP contribution in [0.25, 0.3) is 10.9 Å². The molecule has 2 aromatic rings. The topological polar surface area (TPSA) is 104 Å². The average molecular weight is 361 g/mol. The molecule has 0 atom stereocenters. The number of nitrogens with two attached hydrogens (primary N) is 2. The number of aryl methyl sites for hydroxylation is 2. The van der Waals surface area contributed by atoms with Crippen LogP contribution in [0.2, 0.25) is 0 Å². The Bertz CT molecular complexity index is 919. The maximum absolute atomic E-state index is 8.81. The minimum Gasteiger partial charge on any atom is -0.384 e. The van der Waals surface area contributed by atoms with Gasteiger partial charge in [0.1, 0.15) is 5.82 Å². The number of anilines is 1. The Labute approximate surface area is 162 Å². The molecule has 1 heterocycles. The summed E-state index contributed by atoms with van der Waals surface area (Å²) < 4.78 is 0. The fraction of sp³-hybridized carbons (Fsp3) is 0.227. The molecule has 0 spiro atoms. The second kappa shape index (κ2) is 14.4. The second-order valence-electron chi connectivity index (χ2n) is 4.79. The highest BCUT2D eigenvalue weighted by atomic mass is 15.0. The van der Waals surface area contributed by atoms with Gasteiger partial charge in [-0.25, -0.2) is 0 Å². The summed E-state index contributed by atoms with van der Waals surface area (Å²) in [5, 5.41) is 13.1. The van der Waals surface area contributed by atoms with Crippen LogP contribution in [0.5, 0.6) is 0 Å². The number of hydrogen-bond acceptors (Lipinski definition) is 4. The molecule has 0 aliphatic carbocycles. The number of nitrogens with one attached hydrogen (secondary N) is 2. The summed E-state index contributed by atoms with van der Waals surface area (Å²) >= 11 is 0. The van der Waals surface area contributed by atoms with Crippen molar-refractivity contribution in [3.05, 3.63) is 40.9 Å². The van der Waals surface area contributed by atoms with Crippen LogP contribution in [-0.2, 0) is 0 Å². The van der Waals surface area contributed by atoms with E-state index in [4.69, 9.17) is 11.0 Å². The summed E-state index contributed by atoms with van der Waals surface area (Å²) in [4.78, 5) is 3.33. The van der Waals surface area contributed by atoms with E-state index in [1.54, 1.807) is 6.92 Å². The maximum Gasteiger partial charge on any atom is 0.114 e. The highest BCUT2D eigenvalue weighted by Crippen LogP contribution is 2.27. The van der Waals surface area contributed by atoms with Gasteiger partial charge in [-0.3, -0.25) is 0 Å². The molecule has 6 N–H and O–H groups in total. The number of aromatic amines is 1. The van der Waals surface area contributed by atoms with Crippen molar-refractivity contribution >= 4 is 16.6 Å². The smallest absolute Gasteiger partial charge is 0.114 e. The largest absolute Gasteiger partial charge is 0.384 e. The fourth-order valence-electron chi connectivity index (χ4n) is 1.93. The number of terminal acetylenes is 2. The Morgan fingerprint density at radius 3 is 2.26 bits per heavy atom. The minimum absolute atomic E-state index is 0.384. The number of hydrogen-bond donors (Lipinski definition) is 4. The van der Waals surface area contributed by atoms with Crippen molar-refractivity contribution in [1.29, 1.82) is 5.26 Å². The van der Waals surface area contributed by atoms with E-state index in [0.717, 1.165) is 16.9 Å². The Hall–Kier alpha value is -3.93. The lowest BCUT2D eigenvalue weighted by Crippen LogP contribution is -2.11. The van der Waals surface area contributed by atoms with Crippen molar-refractivity contribution in [2.75, 3.05) is 5.32 Å². The van der Waals surface area contributed by atoms with Gasteiger partial charge in [0.2, 0.25) is 0 Å². The summed E-state index contributed by atoms with van der Waals surface area (Å²) in [6.07, 6.45) is 12.6. The Kier molecular flexibility index (Phi) is 13.5. The first-order valence-electron chi connectivity index (χ1n) is 8.17. The Morgan fingerprint density at radius 2 is 1.81 bits per heavy atom. The van der Waals surface area contributed by atoms with Gasteiger partial charge in [0, 0.05) is 23.0 Å². The van der Waals surface area contributed by atoms with Gasteiger partial charge in [-0.05, 0) is 38.3 Å². The molecule has 0 saturated heterocycles. The quantitative estimate of drug-likeness (QED) is 0.372. The molecule has 0 amide bonds. The number of fused-ring (bicyclic) bond motifs is 1. The standard InChI is InChI=1S/C14H16N4.C4H3N.C2H6.C2H2/c1-8(7-15)14(16)18-12-6-4-5-11-9(2)10(3)17-13(11)12;1-2-3-4-5;2*1-2/h4-6,17-18H,16H2,1-3H3;1H,5H2;1-2H3;1-2H/b14-8+;;;. The molecule has 5 nitrogen and oxygen atoms in total. The number of nitrogens with zero attached hydrogens (tertiary/aromatic N) is 1. The second-order valence-corrected chi connectivity index (χ2v) is 4.79. The third-order valence-electron chi connectivity index (χ3n) is 3.33. The SMILES string of the molecule is C#C.C#CC#CN.C/C(C#N)=C(/N)Nc1cccc2c(C)c(C)[nH]c12.CC. The van der Waals surface area contributed by atoms with Gasteiger partial charge in [-0.2, -0.15) is 5.26 Å². The van der Waals surface area contributed by atoms with Crippen molar-refractivity contribution in [3.8, 4) is 43.2 Å². The Balaban J connectivity index is 0. The van der Waals surface area contributed by atoms with Gasteiger partial charge < -0.3 is 21.8 Å². The molecular formula is C22H27N5. The zero-order chi connectivity index (χ0) is 21.4. The number of aromatic nitrogens is 1. The van der Waals surface area contributed by atoms with E-state index in [9.17, 15) is 0 Å². The first kappa shape index (κ1) is 25.3. The number of allylic oxidation sites excluding steroid dienone is 1. The van der Waals surface area contributed by atoms with E-state index < -0.39 is 0 Å². The van der Waals surface area contributed by atoms with E-state index in [1.165, 1.54) is 10.9 Å². The van der Waals surface area contributed by atoms with Crippen LogP contribution >= 0.6 is 0 Å². The highest BCUT2D eigenvalue weighted by molar-refractivity contribution is 5.94. The van der Waals surface area contributed by atoms with Gasteiger partial charge >= 0.3 is 0 Å². The molecule has 0 unspecified atom stereocenters. The zero-order valence-electron chi connectivity index (χ0n) is 16.6. The van der Waals surface area contributed by atoms with Crippen molar-refractivity contribution in [2.45, 2.75) is 34.6 Å². The minimum atomic E-state index is 0.384. The van der Waals surface area contributed by atoms with Gasteiger partial charge in [0.05, 0.1) is 22.8 Å². The molecule has 2 rings (SSSR count). The summed E-state index contributed by atoms with van der Waals surface area (Å²) in [5.74, 6) is 4.58. The van der Waals surface area contributed by atoms with E-state index in [1.807, 2.05) is 50.9 Å². The van der Waals surface area contributed by atoms with Crippen LogP contribution in [0.4, 0.5) is 5.69 Å². The van der Waals surface area contributed by atoms with Crippen LogP contribution in [0.3, 0.4) is 0 Å². The lowest BCUT2D eigenvalue weighted by Gasteiger charge is -2.08. The van der Waals surface area contributed by atoms with Crippen molar-refractivity contribution in [3.63, 3.8) is 0 Å². The molecule has 5 heteroatoms. The molecule has 0 aliphatic heterocycles. The summed E-state index contributed by atoms with van der Waals surface area (Å²) in [6, 6.07) is 10.0. The monoisotopic (exact) mass is 361 g/mol. The molecule has 1 aromatic carbocycles. The number of nitriles is 1. The van der Waals surface area contributed by atoms with Crippen LogP contribution in [0.15, 0.2) is 29.6 Å². The van der Waals surface area contributed by atoms with Crippen LogP contribution < -0.4 is 16.8 Å². The van der Waals surface area contributed by atoms with E-state index >= 15 is 0 Å². The third-order valence-corrected chi connectivity index (χ3v) is 3.33. The maximum atomic E-state index is 8.81. The zero-order valence-corrected chi connectivity index (χ0v) is 16.6. The van der Waals surface area contributed by atoms with Gasteiger partial charge in [-0.15, -0.1) is 19.3 Å². The van der Waals surface area contributed by atoms with Gasteiger partial charge in [0.15, 0.2) is 0 Å². The predicted octanol–water partition coefficient (Wildman–Crippen LogP) is 3.73. The molecule has 0 aliphatic rings. The molecule has 0 saturated carbocycles. The molecule has 0 bridgehead atoms. The normalized spacial score (nSPS) is 8.93. The van der Waals surface area contributed by atoms with Gasteiger partial charge in [0.25, 0.3) is 0 Å². The first-order valence-corrected chi connectivity index (χ1v) is 8.17. The summed E-state index contributed by atoms with van der Waals surface area (Å²) in [7, 11) is 0. The number of rotatable bonds is 2. The van der Waals surface area contributed by atoms with Gasteiger partial charge in [-0.1, -0.05) is 26.0 Å². The molecule has 140 valence electrons. The molecule has 0 radical (unpaired) electrons. The van der Waals surface area contributed by atoms with E-state index in [2.05, 4.69) is 54.2 Å². The average Bonchev–Trinajstić information content (AvgIpc) is 3.00. The first-order chi connectivity index (χ1) is 13.0. The molecule has 1 aromatic heterocycles. The number of H-pyrrole nitrogens is 1. The summed E-state index contributed by atoms with van der Waals surface area (Å²) in [5.41, 5.74) is 15.2. The lowest BCUT2D eigenvalue weighted by molar-refractivity contribution is 1.23. The highest BCUT2D eigenvalue weighted by Gasteiger charge is 2.08. The van der Waals surface area contributed by atoms with Crippen LogP contribution in [0.1, 0.15) is 32.0 Å². The number of benzene rings is 1. The fourth-order valence-corrected chi connectivity index (χ4v) is 1.93. The Morgan fingerprint density at radius 1 is 1.22 bits per heavy atom. The molecule has 27 heavy (non-hydrogen) atoms. The van der Waals surface area contributed by atoms with E-state index in [-0.39, 0.29) is 0 Å². The van der Waals surface area contributed by atoms with Crippen molar-refractivity contribution < 1.29 is 0 Å². The summed E-state index contributed by atoms with van der Waals surface area (Å²) in [6.45, 7) is 9.81. The lowest BCUT2D eigenvalue weighted by atomic mass is 10.1.